The number of benzene rings is 1. The Morgan fingerprint density at radius 3 is 2.87 bits per heavy atom. The van der Waals surface area contributed by atoms with E-state index in [9.17, 15) is 14.0 Å². The smallest absolute Gasteiger partial charge is 0.264 e. The van der Waals surface area contributed by atoms with Crippen LogP contribution in [0.4, 0.5) is 10.1 Å². The fraction of sp³-hybridized carbons (Fsp3) is 0.294. The van der Waals surface area contributed by atoms with Gasteiger partial charge in [0.1, 0.15) is 11.9 Å². The highest BCUT2D eigenvalue weighted by molar-refractivity contribution is 7.12. The number of carbonyl (C=O) groups excluding carboxylic acids is 2. The number of nitrogens with zero attached hydrogens (tertiary/aromatic N) is 1. The summed E-state index contributed by atoms with van der Waals surface area (Å²) in [6, 6.07) is 7.67. The summed E-state index contributed by atoms with van der Waals surface area (Å²) in [4.78, 5) is 27.1. The summed E-state index contributed by atoms with van der Waals surface area (Å²) < 4.78 is 13.9. The molecule has 1 atom stereocenters. The molecule has 1 saturated heterocycles. The predicted octanol–water partition coefficient (Wildman–Crippen LogP) is 3.44. The molecule has 0 radical (unpaired) electrons. The molecule has 1 aliphatic rings. The molecule has 1 fully saturated rings. The lowest BCUT2D eigenvalue weighted by Crippen LogP contribution is -2.43. The van der Waals surface area contributed by atoms with Crippen LogP contribution in [0.25, 0.3) is 0 Å². The highest BCUT2D eigenvalue weighted by Gasteiger charge is 2.35. The third-order valence-corrected chi connectivity index (χ3v) is 4.79. The number of hydrogen-bond acceptors (Lipinski definition) is 3. The molecule has 1 N–H and O–H groups in total. The molecule has 2 amide bonds. The number of anilines is 1. The molecule has 4 nitrogen and oxygen atoms in total. The van der Waals surface area contributed by atoms with E-state index in [1.165, 1.54) is 17.4 Å². The van der Waals surface area contributed by atoms with Crippen LogP contribution in [0.1, 0.15) is 28.1 Å². The van der Waals surface area contributed by atoms with Crippen molar-refractivity contribution in [3.8, 4) is 0 Å². The third kappa shape index (κ3) is 3.27. The van der Waals surface area contributed by atoms with Gasteiger partial charge in [0, 0.05) is 6.54 Å². The zero-order valence-corrected chi connectivity index (χ0v) is 13.5. The van der Waals surface area contributed by atoms with Crippen molar-refractivity contribution in [1.82, 2.24) is 4.90 Å². The number of thiophene rings is 1. The fourth-order valence-electron chi connectivity index (χ4n) is 2.76. The van der Waals surface area contributed by atoms with E-state index in [1.807, 2.05) is 11.4 Å². The summed E-state index contributed by atoms with van der Waals surface area (Å²) in [6.45, 7) is 2.33. The summed E-state index contributed by atoms with van der Waals surface area (Å²) in [5.41, 5.74) is 0.937. The van der Waals surface area contributed by atoms with Crippen LogP contribution in [-0.4, -0.2) is 29.3 Å². The van der Waals surface area contributed by atoms with Gasteiger partial charge in [-0.15, -0.1) is 11.3 Å². The first kappa shape index (κ1) is 15.7. The molecule has 0 bridgehead atoms. The minimum absolute atomic E-state index is 0.137. The summed E-state index contributed by atoms with van der Waals surface area (Å²) in [6.07, 6.45) is 1.36. The van der Waals surface area contributed by atoms with Crippen LogP contribution < -0.4 is 5.32 Å². The SMILES string of the molecule is Cc1ccc(NC(=O)C2CCCN2C(=O)c2cccs2)c(F)c1. The second kappa shape index (κ2) is 6.50. The molecule has 1 aromatic heterocycles. The lowest BCUT2D eigenvalue weighted by molar-refractivity contribution is -0.119. The van der Waals surface area contributed by atoms with Gasteiger partial charge in [-0.3, -0.25) is 9.59 Å². The van der Waals surface area contributed by atoms with Gasteiger partial charge in [0.25, 0.3) is 5.91 Å². The molecule has 23 heavy (non-hydrogen) atoms. The van der Waals surface area contributed by atoms with Crippen LogP contribution >= 0.6 is 11.3 Å². The van der Waals surface area contributed by atoms with Crippen molar-refractivity contribution in [3.05, 3.63) is 52.0 Å². The molecular weight excluding hydrogens is 315 g/mol. The quantitative estimate of drug-likeness (QED) is 0.936. The minimum Gasteiger partial charge on any atom is -0.326 e. The first-order valence-electron chi connectivity index (χ1n) is 7.48. The molecule has 0 aliphatic carbocycles. The van der Waals surface area contributed by atoms with Crippen LogP contribution in [0.15, 0.2) is 35.7 Å². The largest absolute Gasteiger partial charge is 0.326 e. The number of carbonyl (C=O) groups is 2. The van der Waals surface area contributed by atoms with Gasteiger partial charge < -0.3 is 10.2 Å². The van der Waals surface area contributed by atoms with Gasteiger partial charge >= 0.3 is 0 Å². The summed E-state index contributed by atoms with van der Waals surface area (Å²) >= 11 is 1.36. The number of rotatable bonds is 3. The normalized spacial score (nSPS) is 17.3. The van der Waals surface area contributed by atoms with E-state index in [4.69, 9.17) is 0 Å². The lowest BCUT2D eigenvalue weighted by atomic mass is 10.1. The number of likely N-dealkylation sites (tertiary alicyclic amines) is 1. The fourth-order valence-corrected chi connectivity index (χ4v) is 3.44. The second-order valence-corrected chi connectivity index (χ2v) is 6.55. The van der Waals surface area contributed by atoms with Crippen molar-refractivity contribution in [2.75, 3.05) is 11.9 Å². The topological polar surface area (TPSA) is 49.4 Å². The Bertz CT molecular complexity index is 730. The van der Waals surface area contributed by atoms with Crippen LogP contribution in [0.5, 0.6) is 0 Å². The zero-order chi connectivity index (χ0) is 16.4. The van der Waals surface area contributed by atoms with E-state index < -0.39 is 11.9 Å². The van der Waals surface area contributed by atoms with Crippen LogP contribution in [0.3, 0.4) is 0 Å². The van der Waals surface area contributed by atoms with Crippen molar-refractivity contribution in [1.29, 1.82) is 0 Å². The van der Waals surface area contributed by atoms with Gasteiger partial charge in [-0.2, -0.15) is 0 Å². The molecule has 1 aromatic carbocycles. The van der Waals surface area contributed by atoms with Crippen molar-refractivity contribution in [3.63, 3.8) is 0 Å². The van der Waals surface area contributed by atoms with Gasteiger partial charge in [-0.25, -0.2) is 4.39 Å². The molecule has 2 heterocycles. The van der Waals surface area contributed by atoms with Crippen molar-refractivity contribution in [2.45, 2.75) is 25.8 Å². The Labute approximate surface area is 137 Å². The minimum atomic E-state index is -0.551. The number of halogens is 1. The summed E-state index contributed by atoms with van der Waals surface area (Å²) in [5, 5.41) is 4.44. The summed E-state index contributed by atoms with van der Waals surface area (Å²) in [7, 11) is 0. The second-order valence-electron chi connectivity index (χ2n) is 5.61. The molecule has 2 aromatic rings. The van der Waals surface area contributed by atoms with Gasteiger partial charge in [0.05, 0.1) is 10.6 Å². The predicted molar refractivity (Wildman–Crippen MR) is 88.1 cm³/mol. The van der Waals surface area contributed by atoms with E-state index in [-0.39, 0.29) is 17.5 Å². The highest BCUT2D eigenvalue weighted by atomic mass is 32.1. The number of amides is 2. The first-order chi connectivity index (χ1) is 11.1. The van der Waals surface area contributed by atoms with Gasteiger partial charge in [-0.1, -0.05) is 12.1 Å². The van der Waals surface area contributed by atoms with E-state index in [1.54, 1.807) is 30.0 Å². The maximum atomic E-state index is 13.9. The lowest BCUT2D eigenvalue weighted by Gasteiger charge is -2.23. The van der Waals surface area contributed by atoms with Crippen molar-refractivity contribution >= 4 is 28.8 Å². The van der Waals surface area contributed by atoms with E-state index in [0.717, 1.165) is 12.0 Å². The van der Waals surface area contributed by atoms with E-state index in [0.29, 0.717) is 17.8 Å². The van der Waals surface area contributed by atoms with Gasteiger partial charge in [0.2, 0.25) is 5.91 Å². The molecule has 3 rings (SSSR count). The van der Waals surface area contributed by atoms with Crippen LogP contribution in [0, 0.1) is 12.7 Å². The third-order valence-electron chi connectivity index (χ3n) is 3.93. The van der Waals surface area contributed by atoms with E-state index >= 15 is 0 Å². The molecular formula is C17H17FN2O2S. The monoisotopic (exact) mass is 332 g/mol. The molecule has 1 unspecified atom stereocenters. The molecule has 6 heteroatoms. The standard InChI is InChI=1S/C17H17FN2O2S/c1-11-6-7-13(12(18)10-11)19-16(21)14-4-2-8-20(14)17(22)15-5-3-9-23-15/h3,5-7,9-10,14H,2,4,8H2,1H3,(H,19,21). The Hall–Kier alpha value is -2.21. The zero-order valence-electron chi connectivity index (χ0n) is 12.7. The van der Waals surface area contributed by atoms with Gasteiger partial charge in [0.15, 0.2) is 0 Å². The number of aryl methyl sites for hydroxylation is 1. The Morgan fingerprint density at radius 2 is 2.17 bits per heavy atom. The average Bonchev–Trinajstić information content (AvgIpc) is 3.20. The van der Waals surface area contributed by atoms with Crippen LogP contribution in [-0.2, 0) is 4.79 Å². The van der Waals surface area contributed by atoms with Crippen LogP contribution in [0.2, 0.25) is 0 Å². The number of hydrogen-bond donors (Lipinski definition) is 1. The van der Waals surface area contributed by atoms with Gasteiger partial charge in [-0.05, 0) is 48.9 Å². The summed E-state index contributed by atoms with van der Waals surface area (Å²) in [5.74, 6) is -0.940. The average molecular weight is 332 g/mol. The molecule has 120 valence electrons. The molecule has 1 aliphatic heterocycles. The number of nitrogens with one attached hydrogen (secondary N) is 1. The Kier molecular flexibility index (Phi) is 4.43. The van der Waals surface area contributed by atoms with Crippen molar-refractivity contribution in [2.24, 2.45) is 0 Å². The Morgan fingerprint density at radius 1 is 1.35 bits per heavy atom. The highest BCUT2D eigenvalue weighted by Crippen LogP contribution is 2.24. The first-order valence-corrected chi connectivity index (χ1v) is 8.36. The van der Waals surface area contributed by atoms with E-state index in [2.05, 4.69) is 5.32 Å². The molecule has 0 spiro atoms. The Balaban J connectivity index is 1.74. The maximum absolute atomic E-state index is 13.9. The van der Waals surface area contributed by atoms with Crippen molar-refractivity contribution < 1.29 is 14.0 Å². The molecule has 0 saturated carbocycles. The maximum Gasteiger partial charge on any atom is 0.264 e.